The Bertz CT molecular complexity index is 7640. The zero-order valence-corrected chi connectivity index (χ0v) is 68.9. The summed E-state index contributed by atoms with van der Waals surface area (Å²) in [6, 6.07) is 93.2. The summed E-state index contributed by atoms with van der Waals surface area (Å²) in [5.74, 6) is 0. The molecule has 20 aromatic rings. The fraction of sp³-hybridized carbons (Fsp3) is 0.111. The molecule has 0 radical (unpaired) electrons. The quantitative estimate of drug-likeness (QED) is 0.111. The predicted octanol–water partition coefficient (Wildman–Crippen LogP) is 27.0. The van der Waals surface area contributed by atoms with Gasteiger partial charge in [-0.2, -0.15) is 5.26 Å². The fourth-order valence-electron chi connectivity index (χ4n) is 16.9. The van der Waals surface area contributed by atoms with E-state index in [1.165, 1.54) is 22.3 Å². The summed E-state index contributed by atoms with van der Waals surface area (Å²) in [5, 5.41) is 18.0. The van der Waals surface area contributed by atoms with Crippen LogP contribution in [0.1, 0.15) is 50.1 Å². The SMILES string of the molecule is Cc1ccc(-c2cccc3oc4c(-c5cccc[n+]5C)c(C)cc(C#N)c4c23)cc1.[C-]#[N+]c1cc(-c2ccc(C)cc2)c2c(c1)oc1c(-c3cccc[n+]3C)c(C)ccc12.[C-]#[N+]c1ccc2oc3c(-c4cccc[n+]4C)c(C)ccc3c2c1-c1ccc(C)cc1.[C-]#[N+]c1cccc2c1oc1c(-c3cccc[n+]3C)c(C)cc(-c3ccc(C)cc3)c12. The second-order valence-corrected chi connectivity index (χ2v) is 31.0. The molecule has 0 aliphatic rings. The fourth-order valence-corrected chi connectivity index (χ4v) is 16.9. The molecule has 0 amide bonds. The van der Waals surface area contributed by atoms with Gasteiger partial charge in [-0.05, 0) is 183 Å². The first-order chi connectivity index (χ1) is 58.3. The molecule has 0 saturated carbocycles. The van der Waals surface area contributed by atoms with E-state index in [-0.39, 0.29) is 0 Å². The molecule has 0 spiro atoms. The first-order valence-corrected chi connectivity index (χ1v) is 39.9. The molecule has 0 saturated heterocycles. The summed E-state index contributed by atoms with van der Waals surface area (Å²) < 4.78 is 34.2. The van der Waals surface area contributed by atoms with Crippen LogP contribution in [0.3, 0.4) is 0 Å². The van der Waals surface area contributed by atoms with Gasteiger partial charge in [-0.3, -0.25) is 0 Å². The summed E-state index contributed by atoms with van der Waals surface area (Å²) >= 11 is 0. The lowest BCUT2D eigenvalue weighted by atomic mass is 9.92. The van der Waals surface area contributed by atoms with Crippen LogP contribution < -0.4 is 18.3 Å². The second-order valence-electron chi connectivity index (χ2n) is 31.0. The molecule has 0 aliphatic carbocycles. The minimum absolute atomic E-state index is 0.541. The lowest BCUT2D eigenvalue weighted by Gasteiger charge is -2.11. The topological polar surface area (TPSA) is 105 Å². The Morgan fingerprint density at radius 1 is 0.283 bits per heavy atom. The number of benzene rings is 12. The van der Waals surface area contributed by atoms with Gasteiger partial charge in [0.15, 0.2) is 41.7 Å². The number of pyridine rings is 4. The van der Waals surface area contributed by atoms with Gasteiger partial charge >= 0.3 is 0 Å². The first kappa shape index (κ1) is 77.0. The van der Waals surface area contributed by atoms with E-state index in [2.05, 4.69) is 251 Å². The van der Waals surface area contributed by atoms with E-state index in [4.69, 9.17) is 37.4 Å². The summed E-state index contributed by atoms with van der Waals surface area (Å²) in [7, 11) is 8.16. The monoisotopic (exact) mass is 1560 g/mol. The minimum Gasteiger partial charge on any atom is -0.466 e. The van der Waals surface area contributed by atoms with Crippen molar-refractivity contribution in [2.45, 2.75) is 55.4 Å². The lowest BCUT2D eigenvalue weighted by Crippen LogP contribution is -2.30. The maximum atomic E-state index is 9.95. The third kappa shape index (κ3) is 13.9. The molecule has 0 aliphatic heterocycles. The Balaban J connectivity index is 0.000000114. The van der Waals surface area contributed by atoms with Crippen LogP contribution in [0.4, 0.5) is 17.1 Å². The number of rotatable bonds is 8. The standard InChI is InChI=1S/4C27H21N2O/c1-17-11-13-19(14-12-17)21-16-18(2)24(23-10-5-6-15-29(23)4)27-25(21)20-8-7-9-22(28-3)26(20)30-27;1-17-8-11-19(12-9-17)25-21(28-3)14-15-23-26(25)20-13-10-18(2)24(27(20)30-23)22-7-5-6-16-29(22)4;1-17-8-11-19(12-9-17)22-15-20(28-3)16-24-26(22)21-13-10-18(2)25(27(21)30-24)23-7-5-6-14-29(23)4;1-17-10-12-19(13-11-17)21-7-6-9-23-26(21)25-20(16-28)15-18(2)24(27(25)30-23)22-8-4-5-14-29(22)3/h3*5-16H,1-2,4H3;4-15H,1-3H3/q4*+1. The van der Waals surface area contributed by atoms with E-state index in [1.54, 1.807) is 0 Å². The molecule has 12 heteroatoms. The number of aryl methyl sites for hydroxylation is 12. The number of furan rings is 4. The van der Waals surface area contributed by atoms with Crippen LogP contribution in [0, 0.1) is 86.4 Å². The second kappa shape index (κ2) is 31.9. The van der Waals surface area contributed by atoms with Gasteiger partial charge in [-0.25, -0.2) is 32.8 Å². The van der Waals surface area contributed by atoms with E-state index in [1.807, 2.05) is 163 Å². The molecule has 120 heavy (non-hydrogen) atoms. The van der Waals surface area contributed by atoms with Gasteiger partial charge < -0.3 is 17.7 Å². The molecule has 12 aromatic carbocycles. The Hall–Kier alpha value is -15.6. The Kier molecular flexibility index (Phi) is 20.5. The maximum Gasteiger partial charge on any atom is 0.229 e. The lowest BCUT2D eigenvalue weighted by molar-refractivity contribution is -0.660. The minimum atomic E-state index is 0.541. The zero-order chi connectivity index (χ0) is 83.3. The van der Waals surface area contributed by atoms with Crippen molar-refractivity contribution in [2.75, 3.05) is 0 Å². The van der Waals surface area contributed by atoms with Crippen LogP contribution in [0.25, 0.3) is 192 Å². The largest absolute Gasteiger partial charge is 0.466 e. The highest BCUT2D eigenvalue weighted by atomic mass is 16.3. The van der Waals surface area contributed by atoms with E-state index in [0.29, 0.717) is 28.2 Å². The average Bonchev–Trinajstić information content (AvgIpc) is 1.36. The summed E-state index contributed by atoms with van der Waals surface area (Å²) in [6.45, 7) is 39.6. The number of hydrogen-bond acceptors (Lipinski definition) is 5. The predicted molar refractivity (Wildman–Crippen MR) is 484 cm³/mol. The number of hydrogen-bond donors (Lipinski definition) is 0. The highest BCUT2D eigenvalue weighted by Crippen LogP contribution is 2.50. The molecule has 576 valence electrons. The van der Waals surface area contributed by atoms with Crippen molar-refractivity contribution < 1.29 is 35.9 Å². The van der Waals surface area contributed by atoms with Crippen molar-refractivity contribution in [2.24, 2.45) is 28.2 Å². The van der Waals surface area contributed by atoms with Crippen LogP contribution in [-0.4, -0.2) is 0 Å². The third-order valence-corrected chi connectivity index (χ3v) is 23.0. The number of aromatic nitrogens is 4. The van der Waals surface area contributed by atoms with Gasteiger partial charge in [0.2, 0.25) is 28.5 Å². The summed E-state index contributed by atoms with van der Waals surface area (Å²) in [5.41, 5.74) is 35.2. The van der Waals surface area contributed by atoms with Crippen molar-refractivity contribution in [1.29, 1.82) is 5.26 Å². The van der Waals surface area contributed by atoms with Crippen LogP contribution in [-0.2, 0) is 28.2 Å². The molecular formula is C108H84N8O4+4. The zero-order valence-electron chi connectivity index (χ0n) is 68.9. The number of fused-ring (bicyclic) bond motifs is 12. The molecule has 0 bridgehead atoms. The van der Waals surface area contributed by atoms with Crippen LogP contribution in [0.2, 0.25) is 0 Å². The summed E-state index contributed by atoms with van der Waals surface area (Å²) in [4.78, 5) is 11.2. The smallest absolute Gasteiger partial charge is 0.229 e. The van der Waals surface area contributed by atoms with Gasteiger partial charge in [0.25, 0.3) is 0 Å². The third-order valence-electron chi connectivity index (χ3n) is 23.0. The highest BCUT2D eigenvalue weighted by molar-refractivity contribution is 6.22. The summed E-state index contributed by atoms with van der Waals surface area (Å²) in [6.07, 6.45) is 8.16. The Morgan fingerprint density at radius 3 is 1.18 bits per heavy atom. The van der Waals surface area contributed by atoms with Crippen molar-refractivity contribution >= 4 is 105 Å². The van der Waals surface area contributed by atoms with Crippen molar-refractivity contribution in [3.63, 3.8) is 0 Å². The highest BCUT2D eigenvalue weighted by Gasteiger charge is 2.30. The molecule has 0 unspecified atom stereocenters. The van der Waals surface area contributed by atoms with Crippen LogP contribution in [0.15, 0.2) is 309 Å². The average molecular weight is 1560 g/mol. The maximum absolute atomic E-state index is 9.95. The van der Waals surface area contributed by atoms with Crippen LogP contribution in [0.5, 0.6) is 0 Å². The normalized spacial score (nSPS) is 11.1. The van der Waals surface area contributed by atoms with E-state index in [0.717, 1.165) is 194 Å². The van der Waals surface area contributed by atoms with E-state index < -0.39 is 0 Å². The first-order valence-electron chi connectivity index (χ1n) is 39.9. The van der Waals surface area contributed by atoms with E-state index >= 15 is 0 Å². The molecule has 0 N–H and O–H groups in total. The molecule has 0 fully saturated rings. The van der Waals surface area contributed by atoms with Crippen LogP contribution >= 0.6 is 0 Å². The Morgan fingerprint density at radius 2 is 0.700 bits per heavy atom. The molecule has 8 heterocycles. The molecule has 20 rings (SSSR count). The van der Waals surface area contributed by atoms with Gasteiger partial charge in [0.1, 0.15) is 67.3 Å². The molecule has 8 aromatic heterocycles. The van der Waals surface area contributed by atoms with Gasteiger partial charge in [-0.1, -0.05) is 180 Å². The van der Waals surface area contributed by atoms with Crippen molar-refractivity contribution in [3.8, 4) is 95.6 Å². The van der Waals surface area contributed by atoms with Gasteiger partial charge in [0, 0.05) is 91.6 Å². The Labute approximate surface area is 696 Å². The molecule has 0 atom stereocenters. The van der Waals surface area contributed by atoms with Gasteiger partial charge in [0.05, 0.1) is 53.6 Å². The number of nitrogens with zero attached hydrogens (tertiary/aromatic N) is 8. The van der Waals surface area contributed by atoms with Crippen molar-refractivity contribution in [1.82, 2.24) is 0 Å². The van der Waals surface area contributed by atoms with E-state index in [9.17, 15) is 5.26 Å². The molecular weight excluding hydrogens is 1470 g/mol. The number of para-hydroxylation sites is 1. The van der Waals surface area contributed by atoms with Gasteiger partial charge in [-0.15, -0.1) is 0 Å². The number of nitriles is 1. The molecule has 12 nitrogen and oxygen atoms in total. The van der Waals surface area contributed by atoms with Crippen molar-refractivity contribution in [3.05, 3.63) is 376 Å².